The molecule has 0 aliphatic rings. The molecule has 0 fully saturated rings. The molecule has 0 radical (unpaired) electrons. The zero-order valence-electron chi connectivity index (χ0n) is 10.4. The number of carbonyl (C=O) groups is 1. The van der Waals surface area contributed by atoms with E-state index in [1.54, 1.807) is 18.3 Å². The van der Waals surface area contributed by atoms with E-state index in [0.717, 1.165) is 11.1 Å². The van der Waals surface area contributed by atoms with Crippen LogP contribution in [0.3, 0.4) is 0 Å². The molecular weight excluding hydrogens is 266 g/mol. The van der Waals surface area contributed by atoms with Crippen LogP contribution in [0.25, 0.3) is 11.1 Å². The maximum absolute atomic E-state index is 10.8. The summed E-state index contributed by atoms with van der Waals surface area (Å²) in [5, 5.41) is 9.54. The molecule has 0 saturated heterocycles. The van der Waals surface area contributed by atoms with Crippen LogP contribution >= 0.6 is 11.6 Å². The lowest BCUT2D eigenvalue weighted by atomic mass is 10.1. The first-order chi connectivity index (χ1) is 9.11. The van der Waals surface area contributed by atoms with Crippen molar-refractivity contribution in [3.63, 3.8) is 0 Å². The van der Waals surface area contributed by atoms with E-state index in [-0.39, 0.29) is 6.42 Å². The van der Waals surface area contributed by atoms with Crippen LogP contribution in [0.4, 0.5) is 0 Å². The number of carboxylic acids is 1. The number of hydrogen-bond donors (Lipinski definition) is 2. The summed E-state index contributed by atoms with van der Waals surface area (Å²) in [5.74, 6) is -0.308. The number of aromatic amines is 1. The predicted molar refractivity (Wildman–Crippen MR) is 73.7 cm³/mol. The molecule has 0 saturated carbocycles. The lowest BCUT2D eigenvalue weighted by molar-refractivity contribution is -0.136. The third-order valence-corrected chi connectivity index (χ3v) is 2.93. The van der Waals surface area contributed by atoms with Gasteiger partial charge in [-0.15, -0.1) is 0 Å². The van der Waals surface area contributed by atoms with Crippen LogP contribution in [0.2, 0.25) is 5.02 Å². The lowest BCUT2D eigenvalue weighted by Gasteiger charge is -2.07. The Morgan fingerprint density at radius 2 is 2.05 bits per heavy atom. The largest absolute Gasteiger partial charge is 0.491 e. The maximum Gasteiger partial charge on any atom is 0.309 e. The van der Waals surface area contributed by atoms with Crippen LogP contribution in [-0.4, -0.2) is 22.7 Å². The van der Waals surface area contributed by atoms with Gasteiger partial charge in [-0.05, 0) is 24.6 Å². The molecule has 0 spiro atoms. The van der Waals surface area contributed by atoms with Crippen molar-refractivity contribution in [1.82, 2.24) is 4.98 Å². The first kappa shape index (κ1) is 13.5. The number of halogens is 1. The fourth-order valence-electron chi connectivity index (χ4n) is 1.89. The zero-order chi connectivity index (χ0) is 13.8. The van der Waals surface area contributed by atoms with E-state index >= 15 is 0 Å². The van der Waals surface area contributed by atoms with Crippen LogP contribution in [-0.2, 0) is 11.2 Å². The molecule has 2 N–H and O–H groups in total. The van der Waals surface area contributed by atoms with Crippen molar-refractivity contribution in [2.45, 2.75) is 13.3 Å². The Balaban J connectivity index is 2.42. The van der Waals surface area contributed by atoms with E-state index in [2.05, 4.69) is 4.98 Å². The zero-order valence-corrected chi connectivity index (χ0v) is 11.2. The fourth-order valence-corrected chi connectivity index (χ4v) is 2.01. The summed E-state index contributed by atoms with van der Waals surface area (Å²) in [4.78, 5) is 13.8. The number of ether oxygens (including phenoxy) is 1. The summed E-state index contributed by atoms with van der Waals surface area (Å²) < 4.78 is 5.57. The Morgan fingerprint density at radius 1 is 1.37 bits per heavy atom. The van der Waals surface area contributed by atoms with Crippen molar-refractivity contribution < 1.29 is 14.6 Å². The second-order valence-electron chi connectivity index (χ2n) is 4.02. The number of carboxylic acid groups (broad SMARTS) is 1. The lowest BCUT2D eigenvalue weighted by Crippen LogP contribution is -2.03. The number of nitrogens with one attached hydrogen (secondary N) is 1. The molecule has 0 bridgehead atoms. The molecule has 100 valence electrons. The minimum absolute atomic E-state index is 0.0943. The Bertz CT molecular complexity index is 575. The summed E-state index contributed by atoms with van der Waals surface area (Å²) in [5.41, 5.74) is 2.34. The fraction of sp³-hybridized carbons (Fsp3) is 0.214. The summed E-state index contributed by atoms with van der Waals surface area (Å²) in [7, 11) is 0. The van der Waals surface area contributed by atoms with Crippen molar-refractivity contribution >= 4 is 17.6 Å². The second kappa shape index (κ2) is 5.80. The quantitative estimate of drug-likeness (QED) is 0.882. The van der Waals surface area contributed by atoms with Gasteiger partial charge in [-0.25, -0.2) is 0 Å². The van der Waals surface area contributed by atoms with Crippen LogP contribution in [0, 0.1) is 0 Å². The van der Waals surface area contributed by atoms with Gasteiger partial charge in [0.15, 0.2) is 0 Å². The average Bonchev–Trinajstić information content (AvgIpc) is 2.73. The van der Waals surface area contributed by atoms with Gasteiger partial charge in [0.25, 0.3) is 0 Å². The predicted octanol–water partition coefficient (Wildman–Crippen LogP) is 3.36. The van der Waals surface area contributed by atoms with E-state index in [0.29, 0.717) is 23.1 Å². The highest BCUT2D eigenvalue weighted by atomic mass is 35.5. The van der Waals surface area contributed by atoms with Gasteiger partial charge >= 0.3 is 5.97 Å². The van der Waals surface area contributed by atoms with Crippen molar-refractivity contribution in [3.05, 3.63) is 41.2 Å². The van der Waals surface area contributed by atoms with Gasteiger partial charge in [0.05, 0.1) is 18.7 Å². The molecule has 2 aromatic rings. The molecule has 0 atom stereocenters. The highest BCUT2D eigenvalue weighted by Crippen LogP contribution is 2.34. The van der Waals surface area contributed by atoms with Gasteiger partial charge in [-0.2, -0.15) is 0 Å². The van der Waals surface area contributed by atoms with Crippen LogP contribution in [0.15, 0.2) is 30.5 Å². The van der Waals surface area contributed by atoms with Gasteiger partial charge in [0, 0.05) is 16.8 Å². The Hall–Kier alpha value is -1.94. The topological polar surface area (TPSA) is 62.3 Å². The molecule has 19 heavy (non-hydrogen) atoms. The minimum Gasteiger partial charge on any atom is -0.491 e. The minimum atomic E-state index is -0.898. The highest BCUT2D eigenvalue weighted by molar-refractivity contribution is 6.30. The molecule has 1 heterocycles. The molecule has 0 aliphatic heterocycles. The summed E-state index contributed by atoms with van der Waals surface area (Å²) in [6.07, 6.45) is 1.66. The number of hydrogen-bond acceptors (Lipinski definition) is 2. The van der Waals surface area contributed by atoms with Crippen molar-refractivity contribution in [2.24, 2.45) is 0 Å². The van der Waals surface area contributed by atoms with E-state index in [4.69, 9.17) is 21.4 Å². The highest BCUT2D eigenvalue weighted by Gasteiger charge is 2.16. The molecule has 1 aromatic heterocycles. The van der Waals surface area contributed by atoms with Crippen molar-refractivity contribution in [1.29, 1.82) is 0 Å². The van der Waals surface area contributed by atoms with Crippen LogP contribution < -0.4 is 4.74 Å². The molecule has 2 rings (SSSR count). The van der Waals surface area contributed by atoms with Gasteiger partial charge in [-0.3, -0.25) is 4.79 Å². The smallest absolute Gasteiger partial charge is 0.309 e. The Labute approximate surface area is 116 Å². The monoisotopic (exact) mass is 279 g/mol. The first-order valence-electron chi connectivity index (χ1n) is 5.92. The number of H-pyrrole nitrogens is 1. The molecule has 0 unspecified atom stereocenters. The first-order valence-corrected chi connectivity index (χ1v) is 6.30. The summed E-state index contributed by atoms with van der Waals surface area (Å²) >= 11 is 5.86. The number of benzene rings is 1. The third kappa shape index (κ3) is 3.09. The van der Waals surface area contributed by atoms with Crippen molar-refractivity contribution in [3.8, 4) is 16.9 Å². The second-order valence-corrected chi connectivity index (χ2v) is 4.46. The van der Waals surface area contributed by atoms with Gasteiger partial charge in [-0.1, -0.05) is 23.7 Å². The van der Waals surface area contributed by atoms with E-state index < -0.39 is 5.97 Å². The van der Waals surface area contributed by atoms with Gasteiger partial charge < -0.3 is 14.8 Å². The molecular formula is C14H14ClNO3. The number of aromatic nitrogens is 1. The standard InChI is InChI=1S/C14H14ClNO3/c1-2-19-14-11(8-16-12(14)7-13(17)18)9-3-5-10(15)6-4-9/h3-6,8,16H,2,7H2,1H3,(H,17,18). The molecule has 0 aliphatic carbocycles. The van der Waals surface area contributed by atoms with Crippen molar-refractivity contribution in [2.75, 3.05) is 6.61 Å². The molecule has 5 heteroatoms. The number of rotatable bonds is 5. The molecule has 1 aromatic carbocycles. The molecule has 4 nitrogen and oxygen atoms in total. The normalized spacial score (nSPS) is 10.4. The summed E-state index contributed by atoms with van der Waals surface area (Å²) in [6.45, 7) is 2.34. The maximum atomic E-state index is 10.8. The average molecular weight is 280 g/mol. The number of aliphatic carboxylic acids is 1. The molecule has 0 amide bonds. The third-order valence-electron chi connectivity index (χ3n) is 2.68. The van der Waals surface area contributed by atoms with Gasteiger partial charge in [0.2, 0.25) is 0 Å². The van der Waals surface area contributed by atoms with Gasteiger partial charge in [0.1, 0.15) is 5.75 Å². The SMILES string of the molecule is CCOc1c(-c2ccc(Cl)cc2)c[nH]c1CC(=O)O. The van der Waals surface area contributed by atoms with E-state index in [1.165, 1.54) is 0 Å². The summed E-state index contributed by atoms with van der Waals surface area (Å²) in [6, 6.07) is 7.32. The Kier molecular flexibility index (Phi) is 4.12. The van der Waals surface area contributed by atoms with E-state index in [9.17, 15) is 4.79 Å². The van der Waals surface area contributed by atoms with Crippen LogP contribution in [0.5, 0.6) is 5.75 Å². The van der Waals surface area contributed by atoms with E-state index in [1.807, 2.05) is 19.1 Å². The van der Waals surface area contributed by atoms with Crippen LogP contribution in [0.1, 0.15) is 12.6 Å². The Morgan fingerprint density at radius 3 is 2.63 bits per heavy atom.